The molecule has 2 aromatic carbocycles. The van der Waals surface area contributed by atoms with Crippen molar-refractivity contribution in [3.05, 3.63) is 54.1 Å². The number of thiazole rings is 1. The number of hydrogen-bond acceptors (Lipinski definition) is 4. The molecule has 3 N–H and O–H groups in total. The van der Waals surface area contributed by atoms with Crippen molar-refractivity contribution in [1.29, 1.82) is 0 Å². The van der Waals surface area contributed by atoms with Gasteiger partial charge in [-0.1, -0.05) is 23.5 Å². The summed E-state index contributed by atoms with van der Waals surface area (Å²) in [5, 5.41) is 14.6. The number of nitrogens with zero attached hydrogens (tertiary/aromatic N) is 1. The zero-order valence-corrected chi connectivity index (χ0v) is 12.1. The molecule has 7 heteroatoms. The number of aromatic carboxylic acids is 1. The summed E-state index contributed by atoms with van der Waals surface area (Å²) in [6.45, 7) is 0. The molecule has 3 rings (SSSR count). The Bertz CT molecular complexity index is 810. The maximum Gasteiger partial charge on any atom is 0.335 e. The molecule has 2 amide bonds. The number of hydrogen-bond donors (Lipinski definition) is 3. The minimum atomic E-state index is -1.01. The van der Waals surface area contributed by atoms with Gasteiger partial charge in [-0.15, -0.1) is 0 Å². The van der Waals surface area contributed by atoms with Gasteiger partial charge in [0.2, 0.25) is 0 Å². The van der Waals surface area contributed by atoms with E-state index in [1.807, 2.05) is 24.3 Å². The van der Waals surface area contributed by atoms with Crippen molar-refractivity contribution in [2.45, 2.75) is 0 Å². The number of aromatic nitrogens is 1. The molecular formula is C15H11N3O3S. The standard InChI is InChI=1S/C15H11N3O3S/c19-13(20)9-5-7-10(8-6-9)16-14(21)18-15-17-11-3-1-2-4-12(11)22-15/h1-8H,(H,19,20)(H2,16,17,18,21). The molecule has 0 saturated carbocycles. The summed E-state index contributed by atoms with van der Waals surface area (Å²) in [7, 11) is 0. The van der Waals surface area contributed by atoms with Gasteiger partial charge in [0.05, 0.1) is 15.8 Å². The lowest BCUT2D eigenvalue weighted by Crippen LogP contribution is -2.19. The SMILES string of the molecule is O=C(Nc1ccc(C(=O)O)cc1)Nc1nc2ccccc2s1. The topological polar surface area (TPSA) is 91.3 Å². The average molecular weight is 313 g/mol. The third kappa shape index (κ3) is 3.04. The molecule has 0 bridgehead atoms. The summed E-state index contributed by atoms with van der Waals surface area (Å²) in [5.41, 5.74) is 1.49. The second-order valence-corrected chi connectivity index (χ2v) is 5.48. The fourth-order valence-electron chi connectivity index (χ4n) is 1.88. The Morgan fingerprint density at radius 2 is 1.73 bits per heavy atom. The lowest BCUT2D eigenvalue weighted by Gasteiger charge is -2.05. The van der Waals surface area contributed by atoms with Gasteiger partial charge < -0.3 is 10.4 Å². The van der Waals surface area contributed by atoms with Crippen molar-refractivity contribution in [3.8, 4) is 0 Å². The van der Waals surface area contributed by atoms with Crippen LogP contribution in [-0.2, 0) is 0 Å². The molecule has 0 atom stereocenters. The molecule has 0 aliphatic heterocycles. The molecule has 0 radical (unpaired) electrons. The van der Waals surface area contributed by atoms with Crippen LogP contribution in [-0.4, -0.2) is 22.1 Å². The number of urea groups is 1. The van der Waals surface area contributed by atoms with Crippen LogP contribution in [0.5, 0.6) is 0 Å². The number of anilines is 2. The van der Waals surface area contributed by atoms with E-state index in [4.69, 9.17) is 5.11 Å². The molecule has 0 aliphatic carbocycles. The van der Waals surface area contributed by atoms with Gasteiger partial charge in [-0.25, -0.2) is 14.6 Å². The van der Waals surface area contributed by atoms with Gasteiger partial charge in [0, 0.05) is 5.69 Å². The first-order chi connectivity index (χ1) is 10.6. The minimum absolute atomic E-state index is 0.164. The lowest BCUT2D eigenvalue weighted by atomic mass is 10.2. The van der Waals surface area contributed by atoms with E-state index in [1.54, 1.807) is 0 Å². The highest BCUT2D eigenvalue weighted by Gasteiger charge is 2.08. The first-order valence-corrected chi connectivity index (χ1v) is 7.20. The van der Waals surface area contributed by atoms with Crippen LogP contribution in [0.4, 0.5) is 15.6 Å². The monoisotopic (exact) mass is 313 g/mol. The number of carboxylic acid groups (broad SMARTS) is 1. The lowest BCUT2D eigenvalue weighted by molar-refractivity contribution is 0.0697. The fourth-order valence-corrected chi connectivity index (χ4v) is 2.74. The third-order valence-corrected chi connectivity index (χ3v) is 3.86. The van der Waals surface area contributed by atoms with Crippen LogP contribution in [0.3, 0.4) is 0 Å². The first kappa shape index (κ1) is 14.0. The Kier molecular flexibility index (Phi) is 3.71. The molecular weight excluding hydrogens is 302 g/mol. The molecule has 1 aromatic heterocycles. The van der Waals surface area contributed by atoms with Crippen molar-refractivity contribution < 1.29 is 14.7 Å². The van der Waals surface area contributed by atoms with Gasteiger partial charge in [-0.3, -0.25) is 5.32 Å². The van der Waals surface area contributed by atoms with E-state index in [0.29, 0.717) is 10.8 Å². The molecule has 110 valence electrons. The predicted octanol–water partition coefficient (Wildman–Crippen LogP) is 3.64. The first-order valence-electron chi connectivity index (χ1n) is 6.39. The maximum atomic E-state index is 11.9. The number of nitrogens with one attached hydrogen (secondary N) is 2. The van der Waals surface area contributed by atoms with Crippen LogP contribution in [0.25, 0.3) is 10.2 Å². The van der Waals surface area contributed by atoms with E-state index in [9.17, 15) is 9.59 Å². The number of carboxylic acids is 1. The summed E-state index contributed by atoms with van der Waals surface area (Å²) in [5.74, 6) is -1.01. The van der Waals surface area contributed by atoms with Crippen molar-refractivity contribution in [2.24, 2.45) is 0 Å². The average Bonchev–Trinajstić information content (AvgIpc) is 2.89. The van der Waals surface area contributed by atoms with Gasteiger partial charge in [0.15, 0.2) is 5.13 Å². The van der Waals surface area contributed by atoms with E-state index >= 15 is 0 Å². The second kappa shape index (κ2) is 5.82. The molecule has 0 unspecified atom stereocenters. The smallest absolute Gasteiger partial charge is 0.335 e. The number of para-hydroxylation sites is 1. The highest BCUT2D eigenvalue weighted by molar-refractivity contribution is 7.22. The van der Waals surface area contributed by atoms with E-state index in [1.165, 1.54) is 35.6 Å². The van der Waals surface area contributed by atoms with Gasteiger partial charge >= 0.3 is 12.0 Å². The maximum absolute atomic E-state index is 11.9. The van der Waals surface area contributed by atoms with Crippen LogP contribution < -0.4 is 10.6 Å². The number of amides is 2. The van der Waals surface area contributed by atoms with Gasteiger partial charge in [-0.2, -0.15) is 0 Å². The minimum Gasteiger partial charge on any atom is -0.478 e. The van der Waals surface area contributed by atoms with Crippen molar-refractivity contribution in [3.63, 3.8) is 0 Å². The van der Waals surface area contributed by atoms with Gasteiger partial charge in [-0.05, 0) is 36.4 Å². The van der Waals surface area contributed by atoms with Crippen molar-refractivity contribution in [2.75, 3.05) is 10.6 Å². The van der Waals surface area contributed by atoms with E-state index in [2.05, 4.69) is 15.6 Å². The summed E-state index contributed by atoms with van der Waals surface area (Å²) in [6.07, 6.45) is 0. The molecule has 0 aliphatic rings. The molecule has 0 saturated heterocycles. The summed E-state index contributed by atoms with van der Waals surface area (Å²) in [6, 6.07) is 13.1. The Morgan fingerprint density at radius 3 is 2.41 bits per heavy atom. The normalized spacial score (nSPS) is 10.4. The summed E-state index contributed by atoms with van der Waals surface area (Å²) < 4.78 is 0.989. The van der Waals surface area contributed by atoms with E-state index < -0.39 is 12.0 Å². The highest BCUT2D eigenvalue weighted by Crippen LogP contribution is 2.25. The van der Waals surface area contributed by atoms with Crippen LogP contribution in [0.1, 0.15) is 10.4 Å². The van der Waals surface area contributed by atoms with Crippen LogP contribution in [0.2, 0.25) is 0 Å². The van der Waals surface area contributed by atoms with Crippen molar-refractivity contribution >= 4 is 44.4 Å². The van der Waals surface area contributed by atoms with Crippen molar-refractivity contribution in [1.82, 2.24) is 4.98 Å². The Labute approximate surface area is 129 Å². The molecule has 1 heterocycles. The number of rotatable bonds is 3. The number of benzene rings is 2. The highest BCUT2D eigenvalue weighted by atomic mass is 32.1. The second-order valence-electron chi connectivity index (χ2n) is 4.45. The molecule has 0 spiro atoms. The molecule has 3 aromatic rings. The molecule has 22 heavy (non-hydrogen) atoms. The number of carbonyl (C=O) groups is 2. The van der Waals surface area contributed by atoms with Crippen LogP contribution in [0, 0.1) is 0 Å². The number of carbonyl (C=O) groups excluding carboxylic acids is 1. The zero-order valence-electron chi connectivity index (χ0n) is 11.2. The van der Waals surface area contributed by atoms with Gasteiger partial charge in [0.25, 0.3) is 0 Å². The van der Waals surface area contributed by atoms with Gasteiger partial charge in [0.1, 0.15) is 0 Å². The Balaban J connectivity index is 1.68. The Morgan fingerprint density at radius 1 is 1.00 bits per heavy atom. The molecule has 0 fully saturated rings. The largest absolute Gasteiger partial charge is 0.478 e. The Hall–Kier alpha value is -2.93. The number of fused-ring (bicyclic) bond motifs is 1. The zero-order chi connectivity index (χ0) is 15.5. The quantitative estimate of drug-likeness (QED) is 0.688. The summed E-state index contributed by atoms with van der Waals surface area (Å²) >= 11 is 1.38. The molecule has 6 nitrogen and oxygen atoms in total. The summed E-state index contributed by atoms with van der Waals surface area (Å²) in [4.78, 5) is 27.0. The van der Waals surface area contributed by atoms with Crippen LogP contribution >= 0.6 is 11.3 Å². The van der Waals surface area contributed by atoms with E-state index in [-0.39, 0.29) is 5.56 Å². The predicted molar refractivity (Wildman–Crippen MR) is 85.7 cm³/mol. The van der Waals surface area contributed by atoms with Crippen LogP contribution in [0.15, 0.2) is 48.5 Å². The van der Waals surface area contributed by atoms with E-state index in [0.717, 1.165) is 10.2 Å². The third-order valence-electron chi connectivity index (χ3n) is 2.90. The fraction of sp³-hybridized carbons (Fsp3) is 0.